The number of rotatable bonds is 1. The summed E-state index contributed by atoms with van der Waals surface area (Å²) in [6, 6.07) is 6.14. The molecule has 2 N–H and O–H groups in total. The second kappa shape index (κ2) is 4.44. The molecule has 4 nitrogen and oxygen atoms in total. The maximum atomic E-state index is 11.5. The molecule has 0 spiro atoms. The first-order valence-electron chi connectivity index (χ1n) is 4.30. The SMILES string of the molecule is Br.O=C1CC(C(=O)O)Nc2ccccc21. The number of carboxylic acid groups (broad SMARTS) is 1. The summed E-state index contributed by atoms with van der Waals surface area (Å²) in [5, 5.41) is 11.6. The molecule has 15 heavy (non-hydrogen) atoms. The van der Waals surface area contributed by atoms with Crippen LogP contribution in [0.5, 0.6) is 0 Å². The smallest absolute Gasteiger partial charge is 0.326 e. The first-order chi connectivity index (χ1) is 6.68. The molecule has 0 saturated carbocycles. The van der Waals surface area contributed by atoms with Crippen LogP contribution >= 0.6 is 17.0 Å². The summed E-state index contributed by atoms with van der Waals surface area (Å²) < 4.78 is 0. The van der Waals surface area contributed by atoms with E-state index in [1.165, 1.54) is 0 Å². The Bertz CT molecular complexity index is 405. The van der Waals surface area contributed by atoms with Gasteiger partial charge in [-0.3, -0.25) is 4.79 Å². The highest BCUT2D eigenvalue weighted by Gasteiger charge is 2.28. The first kappa shape index (κ1) is 11.7. The standard InChI is InChI=1S/C10H9NO3.BrH/c12-9-5-8(10(13)14)11-7-4-2-1-3-6(7)9;/h1-4,8,11H,5H2,(H,13,14);1H. The van der Waals surface area contributed by atoms with Gasteiger partial charge in [-0.1, -0.05) is 12.1 Å². The van der Waals surface area contributed by atoms with E-state index in [1.807, 2.05) is 0 Å². The topological polar surface area (TPSA) is 66.4 Å². The summed E-state index contributed by atoms with van der Waals surface area (Å²) in [5.74, 6) is -1.11. The summed E-state index contributed by atoms with van der Waals surface area (Å²) in [7, 11) is 0. The lowest BCUT2D eigenvalue weighted by Gasteiger charge is -2.22. The van der Waals surface area contributed by atoms with Gasteiger partial charge < -0.3 is 10.4 Å². The number of para-hydroxylation sites is 1. The molecule has 1 aliphatic heterocycles. The van der Waals surface area contributed by atoms with Gasteiger partial charge in [0.05, 0.1) is 0 Å². The van der Waals surface area contributed by atoms with Gasteiger partial charge in [-0.05, 0) is 12.1 Å². The van der Waals surface area contributed by atoms with Crippen LogP contribution in [0.2, 0.25) is 0 Å². The summed E-state index contributed by atoms with van der Waals surface area (Å²) in [6.45, 7) is 0. The Balaban J connectivity index is 0.00000112. The predicted molar refractivity (Wildman–Crippen MR) is 60.8 cm³/mol. The number of halogens is 1. The molecule has 1 unspecified atom stereocenters. The van der Waals surface area contributed by atoms with E-state index in [-0.39, 0.29) is 29.2 Å². The number of ketones is 1. The van der Waals surface area contributed by atoms with Crippen molar-refractivity contribution in [1.29, 1.82) is 0 Å². The van der Waals surface area contributed by atoms with E-state index in [1.54, 1.807) is 24.3 Å². The summed E-state index contributed by atoms with van der Waals surface area (Å²) in [5.41, 5.74) is 1.18. The van der Waals surface area contributed by atoms with Gasteiger partial charge in [-0.15, -0.1) is 17.0 Å². The molecule has 2 rings (SSSR count). The number of nitrogens with one attached hydrogen (secondary N) is 1. The van der Waals surface area contributed by atoms with E-state index in [4.69, 9.17) is 5.11 Å². The summed E-state index contributed by atoms with van der Waals surface area (Å²) in [6.07, 6.45) is 0.0202. The molecule has 80 valence electrons. The average molecular weight is 272 g/mol. The van der Waals surface area contributed by atoms with E-state index in [2.05, 4.69) is 5.32 Å². The third kappa shape index (κ3) is 2.18. The number of hydrogen-bond donors (Lipinski definition) is 2. The fourth-order valence-corrected chi connectivity index (χ4v) is 1.54. The van der Waals surface area contributed by atoms with Gasteiger partial charge in [-0.2, -0.15) is 0 Å². The van der Waals surface area contributed by atoms with Gasteiger partial charge in [0.1, 0.15) is 6.04 Å². The molecule has 0 aliphatic carbocycles. The Morgan fingerprint density at radius 3 is 2.73 bits per heavy atom. The van der Waals surface area contributed by atoms with Gasteiger partial charge in [0.15, 0.2) is 5.78 Å². The number of benzene rings is 1. The number of carboxylic acids is 1. The number of Topliss-reactive ketones (excluding diaryl/α,β-unsaturated/α-hetero) is 1. The Labute approximate surface area is 97.1 Å². The fourth-order valence-electron chi connectivity index (χ4n) is 1.54. The van der Waals surface area contributed by atoms with Gasteiger partial charge >= 0.3 is 5.97 Å². The molecule has 1 aliphatic rings. The molecule has 5 heteroatoms. The number of carbonyl (C=O) groups excluding carboxylic acids is 1. The molecule has 0 aromatic heterocycles. The van der Waals surface area contributed by atoms with Crippen molar-refractivity contribution in [3.8, 4) is 0 Å². The molecule has 0 amide bonds. The van der Waals surface area contributed by atoms with E-state index in [9.17, 15) is 9.59 Å². The van der Waals surface area contributed by atoms with Gasteiger partial charge in [0.25, 0.3) is 0 Å². The van der Waals surface area contributed by atoms with Crippen LogP contribution in [-0.4, -0.2) is 22.9 Å². The zero-order valence-electron chi connectivity index (χ0n) is 7.77. The highest BCUT2D eigenvalue weighted by atomic mass is 79.9. The Hall–Kier alpha value is -1.36. The molecule has 1 heterocycles. The largest absolute Gasteiger partial charge is 0.480 e. The van der Waals surface area contributed by atoms with Crippen molar-refractivity contribution in [2.24, 2.45) is 0 Å². The minimum Gasteiger partial charge on any atom is -0.480 e. The minimum absolute atomic E-state index is 0. The van der Waals surface area contributed by atoms with Gasteiger partial charge in [0.2, 0.25) is 0 Å². The molecule has 0 radical (unpaired) electrons. The van der Waals surface area contributed by atoms with E-state index >= 15 is 0 Å². The number of aliphatic carboxylic acids is 1. The number of hydrogen-bond acceptors (Lipinski definition) is 3. The number of anilines is 1. The van der Waals surface area contributed by atoms with Crippen molar-refractivity contribution >= 4 is 34.4 Å². The third-order valence-electron chi connectivity index (χ3n) is 2.24. The molecule has 0 saturated heterocycles. The van der Waals surface area contributed by atoms with Crippen LogP contribution in [0.1, 0.15) is 16.8 Å². The summed E-state index contributed by atoms with van der Waals surface area (Å²) in [4.78, 5) is 22.2. The van der Waals surface area contributed by atoms with Crippen molar-refractivity contribution < 1.29 is 14.7 Å². The Kier molecular flexibility index (Phi) is 3.47. The molecule has 1 atom stereocenters. The highest BCUT2D eigenvalue weighted by molar-refractivity contribution is 8.93. The zero-order valence-corrected chi connectivity index (χ0v) is 9.48. The second-order valence-corrected chi connectivity index (χ2v) is 3.21. The lowest BCUT2D eigenvalue weighted by atomic mass is 9.97. The Morgan fingerprint density at radius 1 is 1.40 bits per heavy atom. The van der Waals surface area contributed by atoms with Crippen LogP contribution in [-0.2, 0) is 4.79 Å². The second-order valence-electron chi connectivity index (χ2n) is 3.21. The normalized spacial score (nSPS) is 18.4. The van der Waals surface area contributed by atoms with Crippen LogP contribution in [0.3, 0.4) is 0 Å². The fraction of sp³-hybridized carbons (Fsp3) is 0.200. The maximum Gasteiger partial charge on any atom is 0.326 e. The highest BCUT2D eigenvalue weighted by Crippen LogP contribution is 2.24. The minimum atomic E-state index is -0.993. The molecular formula is C10H10BrNO3. The van der Waals surface area contributed by atoms with Crippen molar-refractivity contribution in [3.05, 3.63) is 29.8 Å². The number of carbonyl (C=O) groups is 2. The monoisotopic (exact) mass is 271 g/mol. The molecule has 0 fully saturated rings. The quantitative estimate of drug-likeness (QED) is 0.816. The lowest BCUT2D eigenvalue weighted by Crippen LogP contribution is -2.35. The predicted octanol–water partition coefficient (Wildman–Crippen LogP) is 1.72. The van der Waals surface area contributed by atoms with Crippen molar-refractivity contribution in [3.63, 3.8) is 0 Å². The maximum absolute atomic E-state index is 11.5. The van der Waals surface area contributed by atoms with Gasteiger partial charge in [-0.25, -0.2) is 4.79 Å². The molecule has 0 bridgehead atoms. The summed E-state index contributed by atoms with van der Waals surface area (Å²) >= 11 is 0. The van der Waals surface area contributed by atoms with E-state index in [0.717, 1.165) is 0 Å². The van der Waals surface area contributed by atoms with Crippen molar-refractivity contribution in [2.75, 3.05) is 5.32 Å². The average Bonchev–Trinajstić information content (AvgIpc) is 2.17. The molecule has 1 aromatic rings. The third-order valence-corrected chi connectivity index (χ3v) is 2.24. The van der Waals surface area contributed by atoms with Crippen LogP contribution in [0.25, 0.3) is 0 Å². The van der Waals surface area contributed by atoms with Crippen molar-refractivity contribution in [2.45, 2.75) is 12.5 Å². The first-order valence-corrected chi connectivity index (χ1v) is 4.30. The van der Waals surface area contributed by atoms with Crippen LogP contribution in [0.4, 0.5) is 5.69 Å². The van der Waals surface area contributed by atoms with Crippen LogP contribution in [0, 0.1) is 0 Å². The molecule has 1 aromatic carbocycles. The Morgan fingerprint density at radius 2 is 2.07 bits per heavy atom. The van der Waals surface area contributed by atoms with E-state index < -0.39 is 12.0 Å². The zero-order chi connectivity index (χ0) is 10.1. The van der Waals surface area contributed by atoms with Crippen LogP contribution in [0.15, 0.2) is 24.3 Å². The van der Waals surface area contributed by atoms with Crippen LogP contribution < -0.4 is 5.32 Å². The molecular weight excluding hydrogens is 262 g/mol. The number of fused-ring (bicyclic) bond motifs is 1. The van der Waals surface area contributed by atoms with Crippen molar-refractivity contribution in [1.82, 2.24) is 0 Å². The van der Waals surface area contributed by atoms with E-state index in [0.29, 0.717) is 11.3 Å². The van der Waals surface area contributed by atoms with Gasteiger partial charge in [0, 0.05) is 17.7 Å². The lowest BCUT2D eigenvalue weighted by molar-refractivity contribution is -0.137.